The third-order valence-corrected chi connectivity index (χ3v) is 11.5. The maximum absolute atomic E-state index is 14.3. The van der Waals surface area contributed by atoms with Crippen molar-refractivity contribution in [3.05, 3.63) is 51.3 Å². The fourth-order valence-electron chi connectivity index (χ4n) is 5.64. The van der Waals surface area contributed by atoms with Crippen LogP contribution in [0, 0.1) is 5.41 Å². The van der Waals surface area contributed by atoms with Gasteiger partial charge in [0.15, 0.2) is 5.78 Å². The van der Waals surface area contributed by atoms with Crippen molar-refractivity contribution in [1.29, 1.82) is 0 Å². The molecule has 0 spiro atoms. The van der Waals surface area contributed by atoms with E-state index in [0.717, 1.165) is 54.5 Å². The minimum atomic E-state index is -1.16. The molecule has 1 aromatic heterocycles. The van der Waals surface area contributed by atoms with Gasteiger partial charge in [-0.3, -0.25) is 9.59 Å². The highest BCUT2D eigenvalue weighted by Crippen LogP contribution is 2.39. The summed E-state index contributed by atoms with van der Waals surface area (Å²) in [6.45, 7) is 17.6. The van der Waals surface area contributed by atoms with Gasteiger partial charge in [-0.25, -0.2) is 4.99 Å². The van der Waals surface area contributed by atoms with Crippen LogP contribution >= 0.6 is 11.3 Å². The molecule has 1 aliphatic carbocycles. The smallest absolute Gasteiger partial charge is 0.263 e. The molecule has 1 aliphatic heterocycles. The molecular formula is C35H54N2O4SSi. The molecule has 2 heterocycles. The number of ketones is 1. The van der Waals surface area contributed by atoms with E-state index in [-0.39, 0.29) is 17.8 Å². The van der Waals surface area contributed by atoms with Gasteiger partial charge in [-0.2, -0.15) is 0 Å². The second-order valence-corrected chi connectivity index (χ2v) is 20.3. The first kappa shape index (κ1) is 35.3. The Balaban J connectivity index is 1.92. The Morgan fingerprint density at radius 3 is 2.33 bits per heavy atom. The van der Waals surface area contributed by atoms with Crippen molar-refractivity contribution in [3.8, 4) is 0 Å². The molecule has 1 amide bonds. The fraction of sp³-hybridized carbons (Fsp3) is 0.629. The van der Waals surface area contributed by atoms with Gasteiger partial charge in [0.2, 0.25) is 0 Å². The van der Waals surface area contributed by atoms with Gasteiger partial charge in [0.25, 0.3) is 5.91 Å². The quantitative estimate of drug-likeness (QED) is 0.103. The SMILES string of the molecule is CC=C(C)C(=N/C(=C\C)c1ccc(C(=O)N2CCC(O)CC2)s1)/C(=C\CCOCC[Si](C)(C)C)C(=O)C1(C)CCCCC1. The van der Waals surface area contributed by atoms with E-state index in [1.165, 1.54) is 17.8 Å². The van der Waals surface area contributed by atoms with Gasteiger partial charge in [-0.15, -0.1) is 11.3 Å². The zero-order valence-corrected chi connectivity index (χ0v) is 29.4. The van der Waals surface area contributed by atoms with Crippen LogP contribution in [-0.2, 0) is 9.53 Å². The normalized spacial score (nSPS) is 19.6. The van der Waals surface area contributed by atoms with E-state index >= 15 is 0 Å². The summed E-state index contributed by atoms with van der Waals surface area (Å²) in [4.78, 5) is 36.1. The highest BCUT2D eigenvalue weighted by atomic mass is 32.1. The summed E-state index contributed by atoms with van der Waals surface area (Å²) in [6, 6.07) is 4.95. The Kier molecular flexibility index (Phi) is 13.4. The van der Waals surface area contributed by atoms with E-state index in [2.05, 4.69) is 32.6 Å². The maximum Gasteiger partial charge on any atom is 0.263 e. The van der Waals surface area contributed by atoms with E-state index in [1.807, 2.05) is 50.0 Å². The minimum Gasteiger partial charge on any atom is -0.393 e. The summed E-state index contributed by atoms with van der Waals surface area (Å²) >= 11 is 1.44. The number of ether oxygens (including phenoxy) is 1. The van der Waals surface area contributed by atoms with Gasteiger partial charge in [0, 0.05) is 38.8 Å². The summed E-state index contributed by atoms with van der Waals surface area (Å²) < 4.78 is 5.99. The summed E-state index contributed by atoms with van der Waals surface area (Å²) in [5.41, 5.74) is 2.72. The minimum absolute atomic E-state index is 0.00236. The Morgan fingerprint density at radius 1 is 1.07 bits per heavy atom. The Morgan fingerprint density at radius 2 is 1.72 bits per heavy atom. The molecule has 1 aromatic rings. The fourth-order valence-corrected chi connectivity index (χ4v) is 7.39. The lowest BCUT2D eigenvalue weighted by atomic mass is 9.70. The number of aliphatic hydroxyl groups is 1. The Hall–Kier alpha value is -2.13. The highest BCUT2D eigenvalue weighted by molar-refractivity contribution is 7.15. The lowest BCUT2D eigenvalue weighted by molar-refractivity contribution is -0.125. The predicted molar refractivity (Wildman–Crippen MR) is 184 cm³/mol. The number of Topliss-reactive ketones (excluding diaryl/α,β-unsaturated/α-hetero) is 1. The van der Waals surface area contributed by atoms with Gasteiger partial charge in [0.05, 0.1) is 33.9 Å². The molecule has 6 nitrogen and oxygen atoms in total. The number of allylic oxidation sites excluding steroid dienone is 4. The molecule has 0 bridgehead atoms. The van der Waals surface area contributed by atoms with Gasteiger partial charge in [-0.1, -0.05) is 64.1 Å². The van der Waals surface area contributed by atoms with Crippen LogP contribution in [0.5, 0.6) is 0 Å². The molecule has 1 saturated heterocycles. The largest absolute Gasteiger partial charge is 0.393 e. The van der Waals surface area contributed by atoms with Crippen molar-refractivity contribution in [2.24, 2.45) is 10.4 Å². The first-order valence-electron chi connectivity index (χ1n) is 16.2. The van der Waals surface area contributed by atoms with E-state index in [1.54, 1.807) is 0 Å². The molecule has 2 aliphatic rings. The highest BCUT2D eigenvalue weighted by Gasteiger charge is 2.37. The number of thiophene rings is 1. The maximum atomic E-state index is 14.3. The second-order valence-electron chi connectivity index (χ2n) is 13.6. The topological polar surface area (TPSA) is 79.2 Å². The molecular weight excluding hydrogens is 573 g/mol. The van der Waals surface area contributed by atoms with Crippen LogP contribution in [0.2, 0.25) is 25.7 Å². The first-order valence-corrected chi connectivity index (χ1v) is 20.7. The van der Waals surface area contributed by atoms with Gasteiger partial charge in [-0.05, 0) is 76.6 Å². The zero-order valence-electron chi connectivity index (χ0n) is 27.6. The molecule has 0 unspecified atom stereocenters. The molecule has 0 radical (unpaired) electrons. The van der Waals surface area contributed by atoms with E-state index in [0.29, 0.717) is 55.1 Å². The van der Waals surface area contributed by atoms with Crippen molar-refractivity contribution in [3.63, 3.8) is 0 Å². The second kappa shape index (κ2) is 16.3. The van der Waals surface area contributed by atoms with Crippen molar-refractivity contribution < 1.29 is 19.4 Å². The number of carbonyl (C=O) groups is 2. The number of rotatable bonds is 13. The lowest BCUT2D eigenvalue weighted by Crippen LogP contribution is -2.39. The molecule has 1 N–H and O–H groups in total. The molecule has 3 rings (SSSR count). The summed E-state index contributed by atoms with van der Waals surface area (Å²) in [5, 5.41) is 9.85. The number of hydrogen-bond acceptors (Lipinski definition) is 6. The average molecular weight is 627 g/mol. The standard InChI is InChI=1S/C35H54N2O4SSi/c1-8-26(3)32(36-29(9-2)30-15-16-31(42-30)34(40)37-21-17-27(38)18-22-37)28(14-13-23-41-24-25-43(5,6)7)33(39)35(4)19-11-10-12-20-35/h8-9,14-16,27,38H,10-13,17-25H2,1-7H3/b26-8?,28-14+,29-9-,36-32-. The predicted octanol–water partition coefficient (Wildman–Crippen LogP) is 8.32. The van der Waals surface area contributed by atoms with E-state index < -0.39 is 13.5 Å². The number of aliphatic hydroxyl groups excluding tert-OH is 1. The lowest BCUT2D eigenvalue weighted by Gasteiger charge is -2.33. The number of amides is 1. The summed E-state index contributed by atoms with van der Waals surface area (Å²) in [7, 11) is -1.16. The van der Waals surface area contributed by atoms with Crippen LogP contribution in [0.15, 0.2) is 46.5 Å². The van der Waals surface area contributed by atoms with E-state index in [9.17, 15) is 14.7 Å². The van der Waals surface area contributed by atoms with Gasteiger partial charge >= 0.3 is 0 Å². The monoisotopic (exact) mass is 626 g/mol. The van der Waals surface area contributed by atoms with Crippen LogP contribution < -0.4 is 0 Å². The van der Waals surface area contributed by atoms with Crippen molar-refractivity contribution in [2.75, 3.05) is 26.3 Å². The molecule has 43 heavy (non-hydrogen) atoms. The number of carbonyl (C=O) groups excluding carboxylic acids is 2. The van der Waals surface area contributed by atoms with Crippen LogP contribution in [0.25, 0.3) is 5.70 Å². The van der Waals surface area contributed by atoms with Crippen molar-refractivity contribution in [1.82, 2.24) is 4.90 Å². The van der Waals surface area contributed by atoms with Crippen molar-refractivity contribution in [2.45, 2.75) is 111 Å². The average Bonchev–Trinajstić information content (AvgIpc) is 3.47. The van der Waals surface area contributed by atoms with Crippen LogP contribution in [0.4, 0.5) is 0 Å². The number of aliphatic imine (C=N–C) groups is 1. The Bertz CT molecular complexity index is 1220. The molecule has 2 fully saturated rings. The third-order valence-electron chi connectivity index (χ3n) is 8.75. The van der Waals surface area contributed by atoms with E-state index in [4.69, 9.17) is 9.73 Å². The van der Waals surface area contributed by atoms with Gasteiger partial charge < -0.3 is 14.7 Å². The first-order chi connectivity index (χ1) is 20.4. The molecule has 1 saturated carbocycles. The van der Waals surface area contributed by atoms with Crippen LogP contribution in [-0.4, -0.2) is 67.9 Å². The van der Waals surface area contributed by atoms with Crippen LogP contribution in [0.3, 0.4) is 0 Å². The number of piperidine rings is 1. The van der Waals surface area contributed by atoms with Gasteiger partial charge in [0.1, 0.15) is 0 Å². The van der Waals surface area contributed by atoms with Crippen LogP contribution in [0.1, 0.15) is 93.6 Å². The molecule has 8 heteroatoms. The number of nitrogens with zero attached hydrogens (tertiary/aromatic N) is 2. The van der Waals surface area contributed by atoms with Crippen molar-refractivity contribution >= 4 is 42.5 Å². The summed E-state index contributed by atoms with van der Waals surface area (Å²) in [5.74, 6) is 0.182. The molecule has 0 atom stereocenters. The molecule has 238 valence electrons. The molecule has 0 aromatic carbocycles. The number of hydrogen-bond donors (Lipinski definition) is 1. The number of likely N-dealkylation sites (tertiary alicyclic amines) is 1. The summed E-state index contributed by atoms with van der Waals surface area (Å²) in [6.07, 6.45) is 12.8. The third kappa shape index (κ3) is 10.2. The Labute approximate surface area is 265 Å². The zero-order chi connectivity index (χ0) is 31.6.